The quantitative estimate of drug-likeness (QED) is 0.0523. The molecule has 0 radical (unpaired) electrons. The van der Waals surface area contributed by atoms with Crippen LogP contribution in [0, 0.1) is 64.1 Å². The SMILES string of the molecule is CCC(C)(C)C(=O)OC1CC(C(C)(O)C(F)(F)F)CC(C(O)(C(F)(F)F)C(F)(F)F)C1.CCC(C)(C)C(=O)OCCO.CCC(C)C(=O)OC12CC3CC(CC(O)(C3)C1)C2.CCC(C)C(=O)OC1CC2CC1CC2CC(O)(C(F)(F)F)C(F)(F)F. The summed E-state index contributed by atoms with van der Waals surface area (Å²) >= 11 is 0. The summed E-state index contributed by atoms with van der Waals surface area (Å²) in [5.41, 5.74) is -16.2. The third kappa shape index (κ3) is 17.7. The van der Waals surface area contributed by atoms with Crippen LogP contribution in [-0.2, 0) is 38.1 Å². The number of esters is 4. The Morgan fingerprint density at radius 3 is 1.42 bits per heavy atom. The van der Waals surface area contributed by atoms with Gasteiger partial charge in [-0.2, -0.15) is 65.9 Å². The fraction of sp³-hybridized carbons (Fsp3) is 0.930. The first kappa shape index (κ1) is 75.9. The topological polar surface area (TPSA) is 206 Å². The van der Waals surface area contributed by atoms with Crippen LogP contribution in [0.15, 0.2) is 0 Å². The molecule has 7 saturated carbocycles. The van der Waals surface area contributed by atoms with Crippen molar-refractivity contribution in [3.63, 3.8) is 0 Å². The first-order valence-electron chi connectivity index (χ1n) is 29.0. The molecule has 7 aliphatic rings. The van der Waals surface area contributed by atoms with Crippen molar-refractivity contribution in [3.8, 4) is 0 Å². The number of ether oxygens (including phenoxy) is 4. The van der Waals surface area contributed by atoms with Gasteiger partial charge in [-0.3, -0.25) is 19.2 Å². The number of carbonyl (C=O) groups is 4. The van der Waals surface area contributed by atoms with Gasteiger partial charge in [-0.25, -0.2) is 0 Å². The van der Waals surface area contributed by atoms with Crippen LogP contribution >= 0.6 is 0 Å². The molecule has 12 unspecified atom stereocenters. The van der Waals surface area contributed by atoms with Crippen molar-refractivity contribution >= 4 is 23.9 Å². The van der Waals surface area contributed by atoms with Crippen molar-refractivity contribution in [2.75, 3.05) is 13.2 Å². The van der Waals surface area contributed by atoms with E-state index in [1.54, 1.807) is 13.8 Å². The molecule has 0 heterocycles. The zero-order chi connectivity index (χ0) is 65.9. The first-order valence-corrected chi connectivity index (χ1v) is 29.0. The van der Waals surface area contributed by atoms with Gasteiger partial charge < -0.3 is 44.5 Å². The number of rotatable bonds is 17. The second kappa shape index (κ2) is 27.4. The molecule has 28 heteroatoms. The molecule has 0 aromatic rings. The van der Waals surface area contributed by atoms with Gasteiger partial charge in [-0.05, 0) is 167 Å². The Bertz CT molecular complexity index is 2180. The van der Waals surface area contributed by atoms with Gasteiger partial charge in [-0.1, -0.05) is 41.5 Å². The molecule has 7 aliphatic carbocycles. The van der Waals surface area contributed by atoms with Gasteiger partial charge in [0.2, 0.25) is 0 Å². The van der Waals surface area contributed by atoms with Gasteiger partial charge in [-0.15, -0.1) is 0 Å². The number of halogens is 15. The second-order valence-corrected chi connectivity index (χ2v) is 26.3. The molecule has 0 aliphatic heterocycles. The van der Waals surface area contributed by atoms with Crippen LogP contribution < -0.4 is 0 Å². The van der Waals surface area contributed by atoms with E-state index in [0.717, 1.165) is 38.5 Å². The highest BCUT2D eigenvalue weighted by Crippen LogP contribution is 2.60. The number of carbonyl (C=O) groups excluding carboxylic acids is 4. The van der Waals surface area contributed by atoms with E-state index in [1.807, 2.05) is 41.5 Å². The Balaban J connectivity index is 0.000000313. The fourth-order valence-electron chi connectivity index (χ4n) is 12.6. The van der Waals surface area contributed by atoms with E-state index in [-0.39, 0.29) is 74.7 Å². The monoisotopic (exact) mass is 1260 g/mol. The van der Waals surface area contributed by atoms with Crippen molar-refractivity contribution in [1.82, 2.24) is 0 Å². The molecule has 6 bridgehead atoms. The summed E-state index contributed by atoms with van der Waals surface area (Å²) in [6.07, 6.45) is -27.8. The Morgan fingerprint density at radius 2 is 1.02 bits per heavy atom. The van der Waals surface area contributed by atoms with E-state index in [4.69, 9.17) is 24.1 Å². The minimum absolute atomic E-state index is 0.0207. The number of hydrogen-bond donors (Lipinski definition) is 5. The normalized spacial score (nSPS) is 30.2. The lowest BCUT2D eigenvalue weighted by atomic mass is 9.52. The molecule has 0 aromatic carbocycles. The lowest BCUT2D eigenvalue weighted by Crippen LogP contribution is -2.64. The Morgan fingerprint density at radius 1 is 0.553 bits per heavy atom. The van der Waals surface area contributed by atoms with E-state index in [1.165, 1.54) is 20.3 Å². The van der Waals surface area contributed by atoms with E-state index in [0.29, 0.717) is 31.1 Å². The fourth-order valence-corrected chi connectivity index (χ4v) is 12.6. The highest BCUT2D eigenvalue weighted by molar-refractivity contribution is 5.76. The summed E-state index contributed by atoms with van der Waals surface area (Å²) in [6, 6.07) is 0. The van der Waals surface area contributed by atoms with Gasteiger partial charge >= 0.3 is 54.8 Å². The van der Waals surface area contributed by atoms with Crippen LogP contribution in [0.3, 0.4) is 0 Å². The highest BCUT2D eigenvalue weighted by atomic mass is 19.4. The molecule has 5 N–H and O–H groups in total. The predicted molar refractivity (Wildman–Crippen MR) is 274 cm³/mol. The highest BCUT2D eigenvalue weighted by Gasteiger charge is 2.75. The summed E-state index contributed by atoms with van der Waals surface area (Å²) in [5.74, 6) is -7.50. The lowest BCUT2D eigenvalue weighted by Gasteiger charge is -2.59. The van der Waals surface area contributed by atoms with Crippen molar-refractivity contribution in [3.05, 3.63) is 0 Å². The van der Waals surface area contributed by atoms with E-state index in [2.05, 4.69) is 0 Å². The predicted octanol–water partition coefficient (Wildman–Crippen LogP) is 12.8. The van der Waals surface area contributed by atoms with Crippen LogP contribution in [0.4, 0.5) is 65.9 Å². The largest absolute Gasteiger partial charge is 0.463 e. The van der Waals surface area contributed by atoms with Crippen molar-refractivity contribution in [2.24, 2.45) is 64.1 Å². The maximum absolute atomic E-state index is 13.3. The Kier molecular flexibility index (Phi) is 24.4. The van der Waals surface area contributed by atoms with Crippen LogP contribution in [0.2, 0.25) is 0 Å². The molecule has 0 amide bonds. The molecule has 498 valence electrons. The smallest absolute Gasteiger partial charge is 0.426 e. The zero-order valence-electron chi connectivity index (χ0n) is 50.0. The van der Waals surface area contributed by atoms with Gasteiger partial charge in [0, 0.05) is 18.3 Å². The summed E-state index contributed by atoms with van der Waals surface area (Å²) in [7, 11) is 0. The third-order valence-electron chi connectivity index (χ3n) is 19.0. The maximum Gasteiger partial charge on any atom is 0.426 e. The van der Waals surface area contributed by atoms with Crippen LogP contribution in [-0.4, -0.2) is 134 Å². The number of hydrogen-bond acceptors (Lipinski definition) is 13. The summed E-state index contributed by atoms with van der Waals surface area (Å²) < 4.78 is 218. The molecule has 85 heavy (non-hydrogen) atoms. The number of alkyl halides is 15. The average molecular weight is 1270 g/mol. The van der Waals surface area contributed by atoms with E-state index < -0.39 is 138 Å². The second-order valence-electron chi connectivity index (χ2n) is 26.3. The molecular weight excluding hydrogens is 1180 g/mol. The molecule has 0 aromatic heterocycles. The maximum atomic E-state index is 13.3. The Labute approximate surface area is 486 Å². The van der Waals surface area contributed by atoms with Gasteiger partial charge in [0.05, 0.1) is 34.9 Å². The van der Waals surface area contributed by atoms with Crippen molar-refractivity contribution in [2.45, 2.75) is 256 Å². The van der Waals surface area contributed by atoms with Gasteiger partial charge in [0.15, 0.2) is 5.60 Å². The summed E-state index contributed by atoms with van der Waals surface area (Å²) in [4.78, 5) is 47.3. The Hall–Kier alpha value is -3.37. The van der Waals surface area contributed by atoms with Gasteiger partial charge in [0.1, 0.15) is 24.4 Å². The standard InChI is InChI=1S/C18H25F9O4.C16H22F6O3.C15H24O3.C8H16O3/c1-5-13(2,3)12(28)31-11-7-9(14(4,29)16(19,20)21)6-10(8-11)15(30,17(22,23)24)18(25,26)27;1-3-8(2)13(23)25-12-6-9-4-10(12)5-11(9)7-14(24,15(17,18)19)16(20,21)22;1-3-10(2)13(16)18-15-7-11-4-12(8-15)6-14(17,5-11)9-15;1-4-8(2,3)7(10)11-6-5-9/h9-11,29-30H,5-8H2,1-4H3;8-12,24H,3-7H2,1-2H3;10-12,17H,3-9H2,1-2H3;9H,4-6H2,1-3H3. The summed E-state index contributed by atoms with van der Waals surface area (Å²) in [5, 5.41) is 47.9. The molecule has 12 atom stereocenters. The molecule has 7 fully saturated rings. The van der Waals surface area contributed by atoms with Crippen LogP contribution in [0.25, 0.3) is 0 Å². The molecule has 0 saturated heterocycles. The van der Waals surface area contributed by atoms with Crippen molar-refractivity contribution in [1.29, 1.82) is 0 Å². The van der Waals surface area contributed by atoms with E-state index in [9.17, 15) is 105 Å². The zero-order valence-corrected chi connectivity index (χ0v) is 50.0. The number of aliphatic hydroxyl groups excluding tert-OH is 1. The van der Waals surface area contributed by atoms with Crippen LogP contribution in [0.1, 0.15) is 185 Å². The molecule has 13 nitrogen and oxygen atoms in total. The molecule has 0 spiro atoms. The minimum Gasteiger partial charge on any atom is -0.463 e. The van der Waals surface area contributed by atoms with Crippen LogP contribution in [0.5, 0.6) is 0 Å². The van der Waals surface area contributed by atoms with Gasteiger partial charge in [0.25, 0.3) is 11.2 Å². The number of fused-ring (bicyclic) bond motifs is 2. The third-order valence-corrected chi connectivity index (χ3v) is 19.0. The lowest BCUT2D eigenvalue weighted by molar-refractivity contribution is -0.391. The minimum atomic E-state index is -6.28. The molecular formula is C57H87F15O13. The molecule has 7 rings (SSSR count). The van der Waals surface area contributed by atoms with E-state index >= 15 is 0 Å². The first-order chi connectivity index (χ1) is 38.3. The average Bonchev–Trinajstić information content (AvgIpc) is 1.90. The van der Waals surface area contributed by atoms with Crippen molar-refractivity contribution < 1.29 is 130 Å². The summed E-state index contributed by atoms with van der Waals surface area (Å²) in [6.45, 7) is 17.6. The number of aliphatic hydroxyl groups is 5.